The molecule has 0 aliphatic heterocycles. The number of carbonyl (C=O) groups is 1. The van der Waals surface area contributed by atoms with Crippen molar-refractivity contribution in [3.63, 3.8) is 0 Å². The third-order valence-corrected chi connectivity index (χ3v) is 5.02. The number of rotatable bonds is 7. The van der Waals surface area contributed by atoms with E-state index in [1.807, 2.05) is 13.0 Å². The number of nitro benzene ring substituents is 1. The van der Waals surface area contributed by atoms with Crippen LogP contribution < -0.4 is 5.32 Å². The summed E-state index contributed by atoms with van der Waals surface area (Å²) in [5.74, 6) is 0.937. The SMILES string of the molecule is CCSc1nsc(NC(=O)C(C#N)=Cc2ccc(-c3ccc([N+](=O)[O-])cc3)o2)n1. The number of hydrogen-bond acceptors (Lipinski definition) is 9. The van der Waals surface area contributed by atoms with E-state index >= 15 is 0 Å². The lowest BCUT2D eigenvalue weighted by atomic mass is 10.1. The Labute approximate surface area is 173 Å². The van der Waals surface area contributed by atoms with E-state index in [0.717, 1.165) is 17.3 Å². The molecule has 11 heteroatoms. The number of nitro groups is 1. The number of furan rings is 1. The summed E-state index contributed by atoms with van der Waals surface area (Å²) in [4.78, 5) is 26.7. The van der Waals surface area contributed by atoms with Crippen LogP contribution in [0.1, 0.15) is 12.7 Å². The zero-order valence-electron chi connectivity index (χ0n) is 15.0. The van der Waals surface area contributed by atoms with Gasteiger partial charge in [-0.05, 0) is 30.0 Å². The molecule has 2 heterocycles. The van der Waals surface area contributed by atoms with Crippen LogP contribution in [0.4, 0.5) is 10.8 Å². The topological polar surface area (TPSA) is 135 Å². The van der Waals surface area contributed by atoms with Crippen LogP contribution in [0, 0.1) is 21.4 Å². The summed E-state index contributed by atoms with van der Waals surface area (Å²) >= 11 is 2.48. The second-order valence-corrected chi connectivity index (χ2v) is 7.43. The third-order valence-electron chi connectivity index (χ3n) is 3.54. The maximum Gasteiger partial charge on any atom is 0.269 e. The second kappa shape index (κ2) is 9.13. The third kappa shape index (κ3) is 5.07. The Hall–Kier alpha value is -3.49. The number of hydrogen-bond donors (Lipinski definition) is 1. The number of non-ortho nitro benzene ring substituents is 1. The van der Waals surface area contributed by atoms with Crippen molar-refractivity contribution in [2.45, 2.75) is 12.1 Å². The van der Waals surface area contributed by atoms with Crippen molar-refractivity contribution in [1.29, 1.82) is 5.26 Å². The fourth-order valence-electron chi connectivity index (χ4n) is 2.24. The van der Waals surface area contributed by atoms with Gasteiger partial charge in [-0.2, -0.15) is 14.6 Å². The van der Waals surface area contributed by atoms with Crippen molar-refractivity contribution in [2.24, 2.45) is 0 Å². The summed E-state index contributed by atoms with van der Waals surface area (Å²) in [6.45, 7) is 1.97. The number of nitrogens with one attached hydrogen (secondary N) is 1. The van der Waals surface area contributed by atoms with E-state index < -0.39 is 10.8 Å². The Morgan fingerprint density at radius 3 is 2.79 bits per heavy atom. The van der Waals surface area contributed by atoms with Crippen molar-refractivity contribution in [3.05, 3.63) is 57.8 Å². The van der Waals surface area contributed by atoms with Gasteiger partial charge in [-0.15, -0.1) is 0 Å². The standard InChI is InChI=1S/C18H13N5O4S2/c1-2-28-18-21-17(29-22-18)20-16(24)12(10-19)9-14-7-8-15(27-14)11-3-5-13(6-4-11)23(25)26/h3-9H,2H2,1H3,(H,20,21,22,24). The maximum absolute atomic E-state index is 12.3. The molecule has 1 aromatic carbocycles. The maximum atomic E-state index is 12.3. The lowest BCUT2D eigenvalue weighted by Crippen LogP contribution is -2.13. The average molecular weight is 427 g/mol. The predicted octanol–water partition coefficient (Wildman–Crippen LogP) is 4.36. The van der Waals surface area contributed by atoms with Crippen molar-refractivity contribution < 1.29 is 14.1 Å². The normalized spacial score (nSPS) is 11.1. The van der Waals surface area contributed by atoms with Gasteiger partial charge in [-0.25, -0.2) is 0 Å². The van der Waals surface area contributed by atoms with E-state index in [1.165, 1.54) is 30.0 Å². The van der Waals surface area contributed by atoms with E-state index in [0.29, 0.717) is 27.4 Å². The lowest BCUT2D eigenvalue weighted by molar-refractivity contribution is -0.384. The second-order valence-electron chi connectivity index (χ2n) is 5.45. The van der Waals surface area contributed by atoms with Crippen LogP contribution in [0.25, 0.3) is 17.4 Å². The molecule has 9 nitrogen and oxygen atoms in total. The molecular weight excluding hydrogens is 414 g/mol. The number of benzene rings is 1. The minimum atomic E-state index is -0.620. The number of carbonyl (C=O) groups excluding carboxylic acids is 1. The summed E-state index contributed by atoms with van der Waals surface area (Å²) in [5.41, 5.74) is 0.448. The Kier molecular flexibility index (Phi) is 6.38. The van der Waals surface area contributed by atoms with Crippen molar-refractivity contribution in [1.82, 2.24) is 9.36 Å². The number of nitrogens with zero attached hydrogens (tertiary/aromatic N) is 4. The molecule has 0 saturated heterocycles. The molecule has 0 unspecified atom stereocenters. The Bertz CT molecular complexity index is 1110. The molecule has 3 rings (SSSR count). The van der Waals surface area contributed by atoms with E-state index in [1.54, 1.807) is 24.3 Å². The summed E-state index contributed by atoms with van der Waals surface area (Å²) in [7, 11) is 0. The van der Waals surface area contributed by atoms with Crippen LogP contribution >= 0.6 is 23.3 Å². The predicted molar refractivity (Wildman–Crippen MR) is 109 cm³/mol. The minimum absolute atomic E-state index is 0.0268. The molecule has 0 spiro atoms. The molecule has 0 atom stereocenters. The summed E-state index contributed by atoms with van der Waals surface area (Å²) in [5, 5.41) is 23.5. The molecule has 0 aliphatic rings. The first-order valence-electron chi connectivity index (χ1n) is 8.24. The Morgan fingerprint density at radius 2 is 2.14 bits per heavy atom. The zero-order chi connectivity index (χ0) is 20.8. The zero-order valence-corrected chi connectivity index (χ0v) is 16.6. The monoisotopic (exact) mass is 427 g/mol. The molecule has 0 fully saturated rings. The Morgan fingerprint density at radius 1 is 1.38 bits per heavy atom. The van der Waals surface area contributed by atoms with Crippen LogP contribution in [-0.4, -0.2) is 25.9 Å². The quantitative estimate of drug-likeness (QED) is 0.193. The smallest absolute Gasteiger partial charge is 0.269 e. The van der Waals surface area contributed by atoms with E-state index in [-0.39, 0.29) is 11.3 Å². The molecular formula is C18H13N5O4S2. The van der Waals surface area contributed by atoms with Crippen molar-refractivity contribution in [2.75, 3.05) is 11.1 Å². The highest BCUT2D eigenvalue weighted by Gasteiger charge is 2.14. The van der Waals surface area contributed by atoms with Gasteiger partial charge >= 0.3 is 0 Å². The molecule has 0 radical (unpaired) electrons. The van der Waals surface area contributed by atoms with Gasteiger partial charge < -0.3 is 4.42 Å². The fraction of sp³-hybridized carbons (Fsp3) is 0.111. The van der Waals surface area contributed by atoms with Crippen molar-refractivity contribution in [3.8, 4) is 17.4 Å². The highest BCUT2D eigenvalue weighted by Crippen LogP contribution is 2.26. The molecule has 0 bridgehead atoms. The molecule has 3 aromatic rings. The number of thioether (sulfide) groups is 1. The van der Waals surface area contributed by atoms with Gasteiger partial charge in [-0.1, -0.05) is 18.7 Å². The molecule has 1 amide bonds. The van der Waals surface area contributed by atoms with E-state index in [9.17, 15) is 20.2 Å². The molecule has 1 N–H and O–H groups in total. The van der Waals surface area contributed by atoms with Gasteiger partial charge in [-0.3, -0.25) is 20.2 Å². The van der Waals surface area contributed by atoms with Gasteiger partial charge in [0.2, 0.25) is 10.3 Å². The average Bonchev–Trinajstić information content (AvgIpc) is 3.36. The van der Waals surface area contributed by atoms with E-state index in [4.69, 9.17) is 4.42 Å². The van der Waals surface area contributed by atoms with Crippen LogP contribution in [0.5, 0.6) is 0 Å². The van der Waals surface area contributed by atoms with Crippen molar-refractivity contribution >= 4 is 46.1 Å². The molecule has 29 heavy (non-hydrogen) atoms. The number of aromatic nitrogens is 2. The van der Waals surface area contributed by atoms with Crippen LogP contribution in [0.15, 0.2) is 51.5 Å². The number of amides is 1. The largest absolute Gasteiger partial charge is 0.457 e. The van der Waals surface area contributed by atoms with Crippen LogP contribution in [0.3, 0.4) is 0 Å². The van der Waals surface area contributed by atoms with Gasteiger partial charge in [0.05, 0.1) is 4.92 Å². The minimum Gasteiger partial charge on any atom is -0.457 e. The highest BCUT2D eigenvalue weighted by atomic mass is 32.2. The van der Waals surface area contributed by atoms with Gasteiger partial charge in [0.25, 0.3) is 11.6 Å². The van der Waals surface area contributed by atoms with Gasteiger partial charge in [0, 0.05) is 35.3 Å². The van der Waals surface area contributed by atoms with E-state index in [2.05, 4.69) is 14.7 Å². The van der Waals surface area contributed by atoms with Crippen LogP contribution in [-0.2, 0) is 4.79 Å². The number of anilines is 1. The molecule has 2 aromatic heterocycles. The summed E-state index contributed by atoms with van der Waals surface area (Å²) in [6.07, 6.45) is 1.31. The summed E-state index contributed by atoms with van der Waals surface area (Å²) < 4.78 is 9.73. The first-order chi connectivity index (χ1) is 14.0. The first-order valence-corrected chi connectivity index (χ1v) is 10.0. The lowest BCUT2D eigenvalue weighted by Gasteiger charge is -1.99. The van der Waals surface area contributed by atoms with Gasteiger partial charge in [0.15, 0.2) is 0 Å². The number of nitriles is 1. The molecule has 146 valence electrons. The Balaban J connectivity index is 1.74. The fourth-order valence-corrected chi connectivity index (χ4v) is 3.50. The molecule has 0 saturated carbocycles. The van der Waals surface area contributed by atoms with Gasteiger partial charge in [0.1, 0.15) is 23.2 Å². The first kappa shape index (κ1) is 20.2. The van der Waals surface area contributed by atoms with Crippen LogP contribution in [0.2, 0.25) is 0 Å². The highest BCUT2D eigenvalue weighted by molar-refractivity contribution is 7.99. The molecule has 0 aliphatic carbocycles. The summed E-state index contributed by atoms with van der Waals surface area (Å²) in [6, 6.07) is 10.9.